The molecule has 2 heterocycles. The Morgan fingerprint density at radius 1 is 1.43 bits per heavy atom. The Bertz CT molecular complexity index is 983. The highest BCUT2D eigenvalue weighted by Crippen LogP contribution is 2.45. The van der Waals surface area contributed by atoms with E-state index in [9.17, 15) is 8.78 Å². The molecular weight excluding hydrogens is 388 g/mol. The van der Waals surface area contributed by atoms with Gasteiger partial charge in [0, 0.05) is 29.1 Å². The molecule has 0 atom stereocenters. The second-order valence-corrected chi connectivity index (χ2v) is 7.27. The zero-order valence-corrected chi connectivity index (χ0v) is 17.0. The zero-order valence-electron chi connectivity index (χ0n) is 17.0. The predicted octanol–water partition coefficient (Wildman–Crippen LogP) is 3.43. The second kappa shape index (κ2) is 9.02. The molecule has 30 heavy (non-hydrogen) atoms. The van der Waals surface area contributed by atoms with E-state index in [4.69, 9.17) is 10.5 Å². The average molecular weight is 413 g/mol. The van der Waals surface area contributed by atoms with Gasteiger partial charge in [0.25, 0.3) is 0 Å². The molecule has 0 bridgehead atoms. The van der Waals surface area contributed by atoms with Gasteiger partial charge in [0.2, 0.25) is 0 Å². The average Bonchev–Trinajstić information content (AvgIpc) is 2.71. The lowest BCUT2D eigenvalue weighted by Gasteiger charge is -2.42. The number of halogens is 2. The molecular formula is C22H25F2N5O. The number of aromatic nitrogens is 2. The third-order valence-corrected chi connectivity index (χ3v) is 5.12. The Morgan fingerprint density at radius 3 is 2.83 bits per heavy atom. The molecule has 0 spiro atoms. The van der Waals surface area contributed by atoms with Crippen LogP contribution in [0.2, 0.25) is 0 Å². The number of nitrogens with zero attached hydrogens (tertiary/aromatic N) is 3. The first kappa shape index (κ1) is 21.4. The highest BCUT2D eigenvalue weighted by atomic mass is 19.1. The number of aliphatic imine (C=N–C) groups is 1. The van der Waals surface area contributed by atoms with Gasteiger partial charge in [0.1, 0.15) is 23.4 Å². The second-order valence-electron chi connectivity index (χ2n) is 7.27. The van der Waals surface area contributed by atoms with Crippen molar-refractivity contribution in [3.8, 4) is 5.75 Å². The molecule has 1 aliphatic carbocycles. The molecule has 2 aromatic heterocycles. The minimum absolute atomic E-state index is 0.110. The first-order chi connectivity index (χ1) is 14.4. The van der Waals surface area contributed by atoms with Crippen molar-refractivity contribution < 1.29 is 13.5 Å². The van der Waals surface area contributed by atoms with E-state index in [0.29, 0.717) is 17.0 Å². The Morgan fingerprint density at radius 2 is 2.20 bits per heavy atom. The van der Waals surface area contributed by atoms with Gasteiger partial charge in [-0.3, -0.25) is 9.98 Å². The van der Waals surface area contributed by atoms with E-state index in [1.165, 1.54) is 18.3 Å². The maximum atomic E-state index is 14.2. The summed E-state index contributed by atoms with van der Waals surface area (Å²) in [5.41, 5.74) is 7.53. The fourth-order valence-corrected chi connectivity index (χ4v) is 3.53. The predicted molar refractivity (Wildman–Crippen MR) is 113 cm³/mol. The monoisotopic (exact) mass is 413 g/mol. The number of nitrogens with one attached hydrogen (secondary N) is 1. The van der Waals surface area contributed by atoms with E-state index in [2.05, 4.69) is 26.9 Å². The van der Waals surface area contributed by atoms with Gasteiger partial charge in [0.15, 0.2) is 5.96 Å². The van der Waals surface area contributed by atoms with Gasteiger partial charge in [0.05, 0.1) is 19.3 Å². The van der Waals surface area contributed by atoms with Crippen molar-refractivity contribution in [2.24, 2.45) is 10.7 Å². The zero-order chi connectivity index (χ0) is 21.7. The van der Waals surface area contributed by atoms with Crippen molar-refractivity contribution in [3.05, 3.63) is 72.2 Å². The van der Waals surface area contributed by atoms with Crippen LogP contribution in [0.25, 0.3) is 5.57 Å². The maximum Gasteiger partial charge on any atom is 0.192 e. The highest BCUT2D eigenvalue weighted by molar-refractivity contribution is 5.83. The first-order valence-corrected chi connectivity index (χ1v) is 9.54. The number of hydrogen-bond acceptors (Lipinski definition) is 4. The summed E-state index contributed by atoms with van der Waals surface area (Å²) in [6, 6.07) is 6.50. The van der Waals surface area contributed by atoms with Crippen LogP contribution in [0.5, 0.6) is 5.75 Å². The lowest BCUT2D eigenvalue weighted by atomic mass is 9.65. The maximum absolute atomic E-state index is 14.2. The largest absolute Gasteiger partial charge is 0.494 e. The Hall–Kier alpha value is -3.29. The van der Waals surface area contributed by atoms with E-state index < -0.39 is 17.4 Å². The van der Waals surface area contributed by atoms with Gasteiger partial charge in [-0.15, -0.1) is 0 Å². The molecule has 1 aliphatic rings. The number of allylic oxidation sites excluding steroid dienone is 2. The summed E-state index contributed by atoms with van der Waals surface area (Å²) in [5.74, 6) is 0.244. The van der Waals surface area contributed by atoms with Gasteiger partial charge < -0.3 is 15.8 Å². The molecule has 0 unspecified atom stereocenters. The van der Waals surface area contributed by atoms with Crippen molar-refractivity contribution in [1.29, 1.82) is 0 Å². The number of rotatable bonds is 7. The highest BCUT2D eigenvalue weighted by Gasteiger charge is 2.48. The summed E-state index contributed by atoms with van der Waals surface area (Å²) in [7, 11) is 1.56. The van der Waals surface area contributed by atoms with Crippen molar-refractivity contribution in [2.45, 2.75) is 31.4 Å². The number of methoxy groups -OCH3 is 1. The van der Waals surface area contributed by atoms with E-state index in [-0.39, 0.29) is 31.0 Å². The lowest BCUT2D eigenvalue weighted by molar-refractivity contribution is 0.0935. The number of nitrogens with two attached hydrogens (primary N) is 1. The molecule has 6 nitrogen and oxygen atoms in total. The van der Waals surface area contributed by atoms with Crippen molar-refractivity contribution in [1.82, 2.24) is 15.3 Å². The molecule has 0 radical (unpaired) electrons. The summed E-state index contributed by atoms with van der Waals surface area (Å²) in [6.45, 7) is 5.81. The van der Waals surface area contributed by atoms with E-state index >= 15 is 0 Å². The minimum atomic E-state index is -0.997. The Labute approximate surface area is 174 Å². The van der Waals surface area contributed by atoms with Gasteiger partial charge in [-0.1, -0.05) is 12.7 Å². The number of pyridine rings is 2. The van der Waals surface area contributed by atoms with E-state index in [1.54, 1.807) is 19.4 Å². The molecule has 1 saturated carbocycles. The van der Waals surface area contributed by atoms with Gasteiger partial charge in [-0.25, -0.2) is 13.8 Å². The van der Waals surface area contributed by atoms with Gasteiger partial charge >= 0.3 is 0 Å². The van der Waals surface area contributed by atoms with Crippen molar-refractivity contribution >= 4 is 11.5 Å². The smallest absolute Gasteiger partial charge is 0.192 e. The van der Waals surface area contributed by atoms with Gasteiger partial charge in [-0.05, 0) is 44.0 Å². The molecule has 3 N–H and O–H groups in total. The molecule has 1 fully saturated rings. The summed E-state index contributed by atoms with van der Waals surface area (Å²) >= 11 is 0. The quantitative estimate of drug-likeness (QED) is 0.413. The molecule has 0 aromatic carbocycles. The van der Waals surface area contributed by atoms with Crippen LogP contribution in [0.1, 0.15) is 29.9 Å². The van der Waals surface area contributed by atoms with Crippen LogP contribution in [-0.2, 0) is 5.41 Å². The summed E-state index contributed by atoms with van der Waals surface area (Å²) < 4.78 is 33.2. The molecule has 0 amide bonds. The van der Waals surface area contributed by atoms with Crippen LogP contribution in [0.15, 0.2) is 54.3 Å². The minimum Gasteiger partial charge on any atom is -0.494 e. The van der Waals surface area contributed by atoms with Crippen molar-refractivity contribution in [3.63, 3.8) is 0 Å². The van der Waals surface area contributed by atoms with Crippen LogP contribution in [0.4, 0.5) is 8.78 Å². The lowest BCUT2D eigenvalue weighted by Crippen LogP contribution is -2.47. The summed E-state index contributed by atoms with van der Waals surface area (Å²) in [5, 5.41) is 2.89. The topological polar surface area (TPSA) is 85.4 Å². The van der Waals surface area contributed by atoms with Crippen molar-refractivity contribution in [2.75, 3.05) is 13.7 Å². The SMILES string of the molecule is C=C/C(=C\NC(N)=NCC1(c2ncccc2F)CC(F)C1)c1nc(C)ccc1OC. The third-order valence-electron chi connectivity index (χ3n) is 5.12. The van der Waals surface area contributed by atoms with Crippen LogP contribution < -0.4 is 15.8 Å². The van der Waals surface area contributed by atoms with Crippen LogP contribution >= 0.6 is 0 Å². The Kier molecular flexibility index (Phi) is 6.44. The number of aryl methyl sites for hydroxylation is 1. The molecule has 3 rings (SSSR count). The van der Waals surface area contributed by atoms with Gasteiger partial charge in [-0.2, -0.15) is 0 Å². The van der Waals surface area contributed by atoms with E-state index in [0.717, 1.165) is 5.69 Å². The normalized spacial score (nSPS) is 21.7. The molecule has 2 aromatic rings. The summed E-state index contributed by atoms with van der Waals surface area (Å²) in [6.07, 6.45) is 4.06. The number of guanidine groups is 1. The van der Waals surface area contributed by atoms with E-state index in [1.807, 2.05) is 19.1 Å². The fraction of sp³-hybridized carbons (Fsp3) is 0.318. The molecule has 158 valence electrons. The fourth-order valence-electron chi connectivity index (χ4n) is 3.53. The standard InChI is InChI=1S/C22H25F2N5O/c1-4-15(19-18(30-3)8-7-14(2)29-19)12-27-21(25)28-13-22(10-16(23)11-22)20-17(24)6-5-9-26-20/h4-9,12,16H,1,10-11,13H2,2-3H3,(H3,25,27,28)/b15-12+. The number of alkyl halides is 1. The molecule has 0 aliphatic heterocycles. The van der Waals surface area contributed by atoms with Crippen LogP contribution in [-0.4, -0.2) is 35.8 Å². The number of hydrogen-bond donors (Lipinski definition) is 2. The number of ether oxygens (including phenoxy) is 1. The van der Waals surface area contributed by atoms with Crippen LogP contribution in [0.3, 0.4) is 0 Å². The molecule has 8 heteroatoms. The Balaban J connectivity index is 1.78. The molecule has 0 saturated heterocycles. The first-order valence-electron chi connectivity index (χ1n) is 9.54. The third kappa shape index (κ3) is 4.48. The van der Waals surface area contributed by atoms with Crippen LogP contribution in [0, 0.1) is 12.7 Å². The summed E-state index contributed by atoms with van der Waals surface area (Å²) in [4.78, 5) is 12.9.